The molecule has 0 atom stereocenters. The van der Waals surface area contributed by atoms with Crippen LogP contribution in [0.15, 0.2) is 243 Å². The van der Waals surface area contributed by atoms with Gasteiger partial charge in [0.25, 0.3) is 0 Å². The summed E-state index contributed by atoms with van der Waals surface area (Å²) in [5.41, 5.74) is 21.9. The van der Waals surface area contributed by atoms with Crippen LogP contribution in [-0.4, -0.2) is 0 Å². The first kappa shape index (κ1) is 44.6. The Hall–Kier alpha value is -8.30. The number of thiophene rings is 1. The molecule has 1 aliphatic rings. The Bertz CT molecular complexity index is 4070. The van der Waals surface area contributed by atoms with E-state index < -0.39 is 0 Å². The van der Waals surface area contributed by atoms with E-state index >= 15 is 0 Å². The molecule has 0 saturated heterocycles. The van der Waals surface area contributed by atoms with Crippen LogP contribution in [0, 0.1) is 0 Å². The minimum atomic E-state index is -0.122. The number of hydrogen-bond acceptors (Lipinski definition) is 2. The smallest absolute Gasteiger partial charge is 0.0546 e. The largest absolute Gasteiger partial charge is 0.309 e. The molecule has 1 aliphatic carbocycles. The number of nitrogens with zero attached hydrogens (tertiary/aromatic N) is 1. The standard InChI is InChI=1S/C71H55NS/c1-70(2,3)54-37-33-47(34-38-54)46-29-31-48(32-30-46)51-36-41-65(61(44-51)49-17-7-6-8-18-49)72(55-39-40-64-62(45-55)58-23-11-13-27-63(58)71(64,4)5)66-42-35-50-19-9-10-22-56(50)68(66)53-21-15-20-52(43-53)57-25-16-26-60-59-24-12-14-28-67(59)73-69(57)60/h6-45H,1-5H3. The highest BCUT2D eigenvalue weighted by molar-refractivity contribution is 7.26. The van der Waals surface area contributed by atoms with Crippen molar-refractivity contribution in [1.82, 2.24) is 0 Å². The Morgan fingerprint density at radius 1 is 0.370 bits per heavy atom. The number of benzene rings is 11. The second-order valence-corrected chi connectivity index (χ2v) is 22.3. The van der Waals surface area contributed by atoms with E-state index in [-0.39, 0.29) is 10.8 Å². The van der Waals surface area contributed by atoms with Crippen LogP contribution >= 0.6 is 11.3 Å². The fraction of sp³-hybridized carbons (Fsp3) is 0.0986. The zero-order valence-corrected chi connectivity index (χ0v) is 42.8. The van der Waals surface area contributed by atoms with Gasteiger partial charge >= 0.3 is 0 Å². The highest BCUT2D eigenvalue weighted by Gasteiger charge is 2.36. The molecule has 2 heteroatoms. The van der Waals surface area contributed by atoms with Gasteiger partial charge in [0.05, 0.1) is 11.4 Å². The first-order valence-electron chi connectivity index (χ1n) is 25.6. The van der Waals surface area contributed by atoms with Crippen LogP contribution < -0.4 is 4.90 Å². The van der Waals surface area contributed by atoms with E-state index in [0.29, 0.717) is 0 Å². The number of hydrogen-bond donors (Lipinski definition) is 0. The van der Waals surface area contributed by atoms with Gasteiger partial charge in [-0.05, 0) is 131 Å². The maximum absolute atomic E-state index is 2.55. The van der Waals surface area contributed by atoms with Crippen molar-refractivity contribution in [2.45, 2.75) is 45.4 Å². The lowest BCUT2D eigenvalue weighted by Crippen LogP contribution is -2.16. The molecule has 0 radical (unpaired) electrons. The monoisotopic (exact) mass is 953 g/mol. The van der Waals surface area contributed by atoms with Crippen molar-refractivity contribution in [1.29, 1.82) is 0 Å². The topological polar surface area (TPSA) is 3.24 Å². The van der Waals surface area contributed by atoms with Crippen LogP contribution in [-0.2, 0) is 10.8 Å². The second kappa shape index (κ2) is 17.5. The van der Waals surface area contributed by atoms with Crippen LogP contribution in [0.4, 0.5) is 17.1 Å². The highest BCUT2D eigenvalue weighted by atomic mass is 32.1. The van der Waals surface area contributed by atoms with Gasteiger partial charge in [-0.3, -0.25) is 0 Å². The molecule has 0 aliphatic heterocycles. The number of rotatable bonds is 8. The van der Waals surface area contributed by atoms with Crippen LogP contribution in [0.1, 0.15) is 51.3 Å². The van der Waals surface area contributed by atoms with E-state index in [1.165, 1.54) is 103 Å². The quantitative estimate of drug-likeness (QED) is 0.147. The molecule has 0 unspecified atom stereocenters. The average Bonchev–Trinajstić information content (AvgIpc) is 3.93. The van der Waals surface area contributed by atoms with E-state index in [1.807, 2.05) is 11.3 Å². The molecule has 11 aromatic carbocycles. The Kier molecular flexibility index (Phi) is 10.7. The third-order valence-corrected chi connectivity index (χ3v) is 16.7. The normalized spacial score (nSPS) is 12.8. The fourth-order valence-corrected chi connectivity index (χ4v) is 12.8. The molecule has 13 rings (SSSR count). The van der Waals surface area contributed by atoms with E-state index in [4.69, 9.17) is 0 Å². The summed E-state index contributed by atoms with van der Waals surface area (Å²) in [5.74, 6) is 0. The Balaban J connectivity index is 1.03. The Morgan fingerprint density at radius 3 is 1.75 bits per heavy atom. The van der Waals surface area contributed by atoms with Gasteiger partial charge in [-0.15, -0.1) is 11.3 Å². The molecule has 73 heavy (non-hydrogen) atoms. The molecular weight excluding hydrogens is 899 g/mol. The first-order valence-corrected chi connectivity index (χ1v) is 26.4. The predicted octanol–water partition coefficient (Wildman–Crippen LogP) is 20.6. The van der Waals surface area contributed by atoms with Gasteiger partial charge < -0.3 is 4.90 Å². The van der Waals surface area contributed by atoms with Gasteiger partial charge in [0, 0.05) is 42.4 Å². The second-order valence-electron chi connectivity index (χ2n) is 21.3. The number of fused-ring (bicyclic) bond motifs is 7. The molecule has 0 bridgehead atoms. The van der Waals surface area contributed by atoms with Gasteiger partial charge in [0.15, 0.2) is 0 Å². The maximum Gasteiger partial charge on any atom is 0.0546 e. The Labute approximate surface area is 433 Å². The third-order valence-electron chi connectivity index (χ3n) is 15.5. The number of anilines is 3. The molecule has 0 amide bonds. The van der Waals surface area contributed by atoms with E-state index in [2.05, 4.69) is 282 Å². The molecule has 0 N–H and O–H groups in total. The van der Waals surface area contributed by atoms with E-state index in [0.717, 1.165) is 28.2 Å². The lowest BCUT2D eigenvalue weighted by atomic mass is 9.82. The van der Waals surface area contributed by atoms with Crippen molar-refractivity contribution in [2.24, 2.45) is 0 Å². The molecular formula is C71H55NS. The van der Waals surface area contributed by atoms with Crippen LogP contribution in [0.2, 0.25) is 0 Å². The predicted molar refractivity (Wildman–Crippen MR) is 315 cm³/mol. The van der Waals surface area contributed by atoms with Gasteiger partial charge in [-0.2, -0.15) is 0 Å². The van der Waals surface area contributed by atoms with Crippen molar-refractivity contribution in [3.8, 4) is 66.8 Å². The average molecular weight is 954 g/mol. The lowest BCUT2D eigenvalue weighted by molar-refractivity contribution is 0.590. The van der Waals surface area contributed by atoms with Crippen molar-refractivity contribution >= 4 is 59.3 Å². The van der Waals surface area contributed by atoms with Gasteiger partial charge in [-0.1, -0.05) is 235 Å². The third kappa shape index (κ3) is 7.68. The van der Waals surface area contributed by atoms with Gasteiger partial charge in [-0.25, -0.2) is 0 Å². The SMILES string of the molecule is CC(C)(C)c1ccc(-c2ccc(-c3ccc(N(c4ccc5c(c4)-c4ccccc4C5(C)C)c4ccc5ccccc5c4-c4cccc(-c5cccc6c5sc5ccccc56)c4)c(-c4ccccc4)c3)cc2)cc1. The van der Waals surface area contributed by atoms with E-state index in [1.54, 1.807) is 0 Å². The van der Waals surface area contributed by atoms with Crippen molar-refractivity contribution < 1.29 is 0 Å². The van der Waals surface area contributed by atoms with Crippen LogP contribution in [0.25, 0.3) is 97.7 Å². The summed E-state index contributed by atoms with van der Waals surface area (Å²) in [6.45, 7) is 11.5. The highest BCUT2D eigenvalue weighted by Crippen LogP contribution is 2.53. The van der Waals surface area contributed by atoms with Gasteiger partial charge in [0.2, 0.25) is 0 Å². The van der Waals surface area contributed by atoms with Crippen molar-refractivity contribution in [2.75, 3.05) is 4.90 Å². The summed E-state index contributed by atoms with van der Waals surface area (Å²) in [6.07, 6.45) is 0. The fourth-order valence-electron chi connectivity index (χ4n) is 11.6. The molecule has 1 aromatic heterocycles. The zero-order chi connectivity index (χ0) is 49.4. The summed E-state index contributed by atoms with van der Waals surface area (Å²) in [4.78, 5) is 2.55. The maximum atomic E-state index is 2.55. The van der Waals surface area contributed by atoms with Gasteiger partial charge in [0.1, 0.15) is 0 Å². The van der Waals surface area contributed by atoms with Crippen molar-refractivity contribution in [3.63, 3.8) is 0 Å². The summed E-state index contributed by atoms with van der Waals surface area (Å²) >= 11 is 1.89. The van der Waals surface area contributed by atoms with Crippen molar-refractivity contribution in [3.05, 3.63) is 259 Å². The summed E-state index contributed by atoms with van der Waals surface area (Å²) < 4.78 is 2.63. The summed E-state index contributed by atoms with van der Waals surface area (Å²) in [7, 11) is 0. The summed E-state index contributed by atoms with van der Waals surface area (Å²) in [6, 6.07) is 90.8. The molecule has 1 nitrogen and oxygen atoms in total. The van der Waals surface area contributed by atoms with E-state index in [9.17, 15) is 0 Å². The molecule has 12 aromatic rings. The molecule has 350 valence electrons. The molecule has 0 saturated carbocycles. The first-order chi connectivity index (χ1) is 35.6. The zero-order valence-electron chi connectivity index (χ0n) is 41.9. The van der Waals surface area contributed by atoms with Crippen LogP contribution in [0.3, 0.4) is 0 Å². The Morgan fingerprint density at radius 2 is 0.959 bits per heavy atom. The molecule has 0 spiro atoms. The molecule has 1 heterocycles. The van der Waals surface area contributed by atoms with Crippen LogP contribution in [0.5, 0.6) is 0 Å². The minimum absolute atomic E-state index is 0.112. The minimum Gasteiger partial charge on any atom is -0.309 e. The summed E-state index contributed by atoms with van der Waals surface area (Å²) in [5, 5.41) is 5.03. The lowest BCUT2D eigenvalue weighted by Gasteiger charge is -2.32. The molecule has 0 fully saturated rings.